The Hall–Kier alpha value is -1.76. The van der Waals surface area contributed by atoms with Crippen LogP contribution in [0.5, 0.6) is 0 Å². The van der Waals surface area contributed by atoms with E-state index in [0.29, 0.717) is 18.9 Å². The lowest BCUT2D eigenvalue weighted by Gasteiger charge is -2.15. The lowest BCUT2D eigenvalue weighted by Crippen LogP contribution is -2.44. The van der Waals surface area contributed by atoms with Gasteiger partial charge in [0.2, 0.25) is 0 Å². The number of hydrogen-bond acceptors (Lipinski definition) is 4. The first-order valence-corrected chi connectivity index (χ1v) is 10.7. The molecule has 6 nitrogen and oxygen atoms in total. The van der Waals surface area contributed by atoms with E-state index in [1.165, 1.54) is 11.3 Å². The zero-order valence-corrected chi connectivity index (χ0v) is 16.3. The van der Waals surface area contributed by atoms with Crippen molar-refractivity contribution in [2.24, 2.45) is 4.99 Å². The zero-order chi connectivity index (χ0) is 18.3. The largest absolute Gasteiger partial charge is 0.378 e. The third kappa shape index (κ3) is 6.57. The molecule has 1 aliphatic rings. The first-order chi connectivity index (χ1) is 11.9. The standard InChI is InChI=1S/C18H30N4O2S/c1-4-19-18(21-16-11-13-25(23,24)14-16)20-12-5-6-15-7-9-17(10-8-15)22(2)3/h7-10,16H,4-6,11-14H2,1-3H3,(H2,19,20,21). The van der Waals surface area contributed by atoms with Crippen LogP contribution < -0.4 is 15.5 Å². The molecule has 0 aromatic heterocycles. The van der Waals surface area contributed by atoms with Crippen LogP contribution in [-0.2, 0) is 16.3 Å². The van der Waals surface area contributed by atoms with Gasteiger partial charge in [0, 0.05) is 38.9 Å². The molecule has 0 spiro atoms. The number of benzene rings is 1. The minimum absolute atomic E-state index is 0.0265. The molecular formula is C18H30N4O2S. The third-order valence-corrected chi connectivity index (χ3v) is 6.03. The Morgan fingerprint density at radius 3 is 2.56 bits per heavy atom. The van der Waals surface area contributed by atoms with Crippen LogP contribution in [0.4, 0.5) is 5.69 Å². The SMILES string of the molecule is CCNC(=NCCCc1ccc(N(C)C)cc1)NC1CCS(=O)(=O)C1. The summed E-state index contributed by atoms with van der Waals surface area (Å²) in [5.74, 6) is 1.19. The molecule has 0 bridgehead atoms. The zero-order valence-electron chi connectivity index (χ0n) is 15.5. The first-order valence-electron chi connectivity index (χ1n) is 8.91. The summed E-state index contributed by atoms with van der Waals surface area (Å²) in [6, 6.07) is 8.55. The van der Waals surface area contributed by atoms with Gasteiger partial charge in [-0.25, -0.2) is 8.42 Å². The van der Waals surface area contributed by atoms with E-state index in [9.17, 15) is 8.42 Å². The van der Waals surface area contributed by atoms with E-state index in [0.717, 1.165) is 19.4 Å². The lowest BCUT2D eigenvalue weighted by atomic mass is 10.1. The molecule has 7 heteroatoms. The molecule has 1 aliphatic heterocycles. The van der Waals surface area contributed by atoms with Crippen LogP contribution in [0.3, 0.4) is 0 Å². The van der Waals surface area contributed by atoms with E-state index in [-0.39, 0.29) is 17.5 Å². The Balaban J connectivity index is 1.80. The number of hydrogen-bond donors (Lipinski definition) is 2. The first kappa shape index (κ1) is 19.6. The molecule has 2 N–H and O–H groups in total. The molecule has 1 unspecified atom stereocenters. The molecule has 0 radical (unpaired) electrons. The van der Waals surface area contributed by atoms with Gasteiger partial charge in [0.05, 0.1) is 11.5 Å². The fourth-order valence-corrected chi connectivity index (χ4v) is 4.53. The molecule has 0 saturated carbocycles. The van der Waals surface area contributed by atoms with E-state index in [2.05, 4.69) is 44.8 Å². The number of sulfone groups is 1. The number of guanidine groups is 1. The second kappa shape index (κ2) is 9.08. The number of nitrogens with zero attached hydrogens (tertiary/aromatic N) is 2. The van der Waals surface area contributed by atoms with Crippen molar-refractivity contribution in [1.82, 2.24) is 10.6 Å². The van der Waals surface area contributed by atoms with Crippen molar-refractivity contribution in [3.8, 4) is 0 Å². The second-order valence-electron chi connectivity index (χ2n) is 6.67. The van der Waals surface area contributed by atoms with Gasteiger partial charge in [-0.2, -0.15) is 0 Å². The Labute approximate surface area is 151 Å². The smallest absolute Gasteiger partial charge is 0.191 e. The Kier molecular flexibility index (Phi) is 7.11. The summed E-state index contributed by atoms with van der Waals surface area (Å²) >= 11 is 0. The number of aliphatic imine (C=N–C) groups is 1. The van der Waals surface area contributed by atoms with Crippen molar-refractivity contribution in [3.63, 3.8) is 0 Å². The van der Waals surface area contributed by atoms with Gasteiger partial charge < -0.3 is 15.5 Å². The molecule has 25 heavy (non-hydrogen) atoms. The highest BCUT2D eigenvalue weighted by Gasteiger charge is 2.28. The quantitative estimate of drug-likeness (QED) is 0.434. The lowest BCUT2D eigenvalue weighted by molar-refractivity contribution is 0.599. The maximum atomic E-state index is 11.6. The van der Waals surface area contributed by atoms with Crippen LogP contribution in [0.25, 0.3) is 0 Å². The minimum Gasteiger partial charge on any atom is -0.378 e. The molecular weight excluding hydrogens is 336 g/mol. The van der Waals surface area contributed by atoms with Crippen LogP contribution in [0.1, 0.15) is 25.3 Å². The number of aryl methyl sites for hydroxylation is 1. The van der Waals surface area contributed by atoms with Crippen LogP contribution >= 0.6 is 0 Å². The van der Waals surface area contributed by atoms with Crippen molar-refractivity contribution in [2.45, 2.75) is 32.2 Å². The number of nitrogens with one attached hydrogen (secondary N) is 2. The Morgan fingerprint density at radius 2 is 2.00 bits per heavy atom. The molecule has 140 valence electrons. The summed E-state index contributed by atoms with van der Waals surface area (Å²) in [5, 5.41) is 6.44. The second-order valence-corrected chi connectivity index (χ2v) is 8.90. The van der Waals surface area contributed by atoms with Crippen LogP contribution in [-0.4, -0.2) is 59.1 Å². The van der Waals surface area contributed by atoms with Crippen LogP contribution in [0, 0.1) is 0 Å². The fraction of sp³-hybridized carbons (Fsp3) is 0.611. The number of rotatable bonds is 7. The van der Waals surface area contributed by atoms with E-state index in [1.807, 2.05) is 21.0 Å². The summed E-state index contributed by atoms with van der Waals surface area (Å²) in [6.45, 7) is 3.48. The average Bonchev–Trinajstić information content (AvgIpc) is 2.90. The van der Waals surface area contributed by atoms with Gasteiger partial charge in [-0.1, -0.05) is 12.1 Å². The highest BCUT2D eigenvalue weighted by atomic mass is 32.2. The van der Waals surface area contributed by atoms with Gasteiger partial charge in [0.25, 0.3) is 0 Å². The maximum Gasteiger partial charge on any atom is 0.191 e. The summed E-state index contributed by atoms with van der Waals surface area (Å²) in [7, 11) is 1.20. The summed E-state index contributed by atoms with van der Waals surface area (Å²) in [6.07, 6.45) is 2.60. The molecule has 1 saturated heterocycles. The highest BCUT2D eigenvalue weighted by molar-refractivity contribution is 7.91. The molecule has 1 fully saturated rings. The third-order valence-electron chi connectivity index (χ3n) is 4.26. The van der Waals surface area contributed by atoms with Crippen molar-refractivity contribution < 1.29 is 8.42 Å². The van der Waals surface area contributed by atoms with Crippen LogP contribution in [0.2, 0.25) is 0 Å². The molecule has 0 aliphatic carbocycles. The van der Waals surface area contributed by atoms with Gasteiger partial charge in [0.1, 0.15) is 0 Å². The summed E-state index contributed by atoms with van der Waals surface area (Å²) in [4.78, 5) is 6.67. The van der Waals surface area contributed by atoms with Gasteiger partial charge in [-0.05, 0) is 43.9 Å². The Bertz CT molecular complexity index is 669. The van der Waals surface area contributed by atoms with Crippen LogP contribution in [0.15, 0.2) is 29.3 Å². The topological polar surface area (TPSA) is 73.8 Å². The molecule has 1 heterocycles. The maximum absolute atomic E-state index is 11.6. The van der Waals surface area contributed by atoms with Gasteiger partial charge in [0.15, 0.2) is 15.8 Å². The summed E-state index contributed by atoms with van der Waals surface area (Å²) in [5.41, 5.74) is 2.51. The van der Waals surface area contributed by atoms with E-state index >= 15 is 0 Å². The molecule has 2 rings (SSSR count). The molecule has 0 amide bonds. The predicted molar refractivity (Wildman–Crippen MR) is 105 cm³/mol. The minimum atomic E-state index is -2.88. The van der Waals surface area contributed by atoms with E-state index < -0.39 is 9.84 Å². The van der Waals surface area contributed by atoms with Crippen molar-refractivity contribution in [1.29, 1.82) is 0 Å². The highest BCUT2D eigenvalue weighted by Crippen LogP contribution is 2.13. The van der Waals surface area contributed by atoms with Crippen molar-refractivity contribution in [3.05, 3.63) is 29.8 Å². The van der Waals surface area contributed by atoms with E-state index in [1.54, 1.807) is 0 Å². The van der Waals surface area contributed by atoms with Crippen molar-refractivity contribution >= 4 is 21.5 Å². The number of anilines is 1. The Morgan fingerprint density at radius 1 is 1.28 bits per heavy atom. The van der Waals surface area contributed by atoms with E-state index in [4.69, 9.17) is 0 Å². The monoisotopic (exact) mass is 366 g/mol. The van der Waals surface area contributed by atoms with Gasteiger partial charge in [-0.3, -0.25) is 4.99 Å². The molecule has 1 aromatic carbocycles. The van der Waals surface area contributed by atoms with Crippen molar-refractivity contribution in [2.75, 3.05) is 43.6 Å². The normalized spacial score (nSPS) is 19.6. The van der Waals surface area contributed by atoms with Gasteiger partial charge in [-0.15, -0.1) is 0 Å². The summed E-state index contributed by atoms with van der Waals surface area (Å²) < 4.78 is 23.1. The average molecular weight is 367 g/mol. The fourth-order valence-electron chi connectivity index (χ4n) is 2.86. The molecule has 1 aromatic rings. The molecule has 1 atom stereocenters. The predicted octanol–water partition coefficient (Wildman–Crippen LogP) is 1.43. The van der Waals surface area contributed by atoms with Gasteiger partial charge >= 0.3 is 0 Å².